The van der Waals surface area contributed by atoms with Crippen LogP contribution in [0, 0.1) is 11.7 Å². The van der Waals surface area contributed by atoms with E-state index in [4.69, 9.17) is 21.7 Å². The van der Waals surface area contributed by atoms with Crippen molar-refractivity contribution in [3.63, 3.8) is 0 Å². The summed E-state index contributed by atoms with van der Waals surface area (Å²) in [6, 6.07) is 23.6. The quantitative estimate of drug-likeness (QED) is 0.316. The number of ether oxygens (including phenoxy) is 2. The molecule has 4 rings (SSSR count). The molecule has 6 nitrogen and oxygen atoms in total. The third-order valence-electron chi connectivity index (χ3n) is 4.78. The predicted molar refractivity (Wildman–Crippen MR) is 124 cm³/mol. The van der Waals surface area contributed by atoms with Crippen molar-refractivity contribution in [1.82, 2.24) is 14.9 Å². The molecule has 0 saturated carbocycles. The molecule has 0 amide bonds. The molecule has 1 aromatic heterocycles. The van der Waals surface area contributed by atoms with Gasteiger partial charge in [0.25, 0.3) is 0 Å². The lowest BCUT2D eigenvalue weighted by atomic mass is 10.1. The minimum atomic E-state index is 0.420. The van der Waals surface area contributed by atoms with Gasteiger partial charge in [-0.25, -0.2) is 5.10 Å². The van der Waals surface area contributed by atoms with E-state index in [9.17, 15) is 0 Å². The molecule has 0 saturated heterocycles. The Labute approximate surface area is 185 Å². The van der Waals surface area contributed by atoms with E-state index in [0.717, 1.165) is 22.3 Å². The number of nitrogens with zero attached hydrogens (tertiary/aromatic N) is 3. The summed E-state index contributed by atoms with van der Waals surface area (Å²) in [6.45, 7) is 2.48. The number of aromatic nitrogens is 3. The van der Waals surface area contributed by atoms with Gasteiger partial charge in [-0.15, -0.1) is 0 Å². The maximum atomic E-state index is 5.99. The van der Waals surface area contributed by atoms with E-state index in [1.54, 1.807) is 18.0 Å². The van der Waals surface area contributed by atoms with E-state index in [1.165, 1.54) is 0 Å². The largest absolute Gasteiger partial charge is 0.493 e. The van der Waals surface area contributed by atoms with Gasteiger partial charge in [-0.1, -0.05) is 54.6 Å². The molecule has 0 unspecified atom stereocenters. The number of aryl methyl sites for hydroxylation is 1. The molecular weight excluding hydrogens is 408 g/mol. The molecule has 1 N–H and O–H groups in total. The topological polar surface area (TPSA) is 64.4 Å². The highest BCUT2D eigenvalue weighted by Crippen LogP contribution is 2.28. The smallest absolute Gasteiger partial charge is 0.216 e. The Morgan fingerprint density at radius 3 is 2.58 bits per heavy atom. The molecule has 31 heavy (non-hydrogen) atoms. The average Bonchev–Trinajstić information content (AvgIpc) is 3.17. The Balaban J connectivity index is 1.61. The van der Waals surface area contributed by atoms with E-state index >= 15 is 0 Å². The van der Waals surface area contributed by atoms with Crippen LogP contribution in [0.3, 0.4) is 0 Å². The van der Waals surface area contributed by atoms with Gasteiger partial charge in [-0.05, 0) is 54.0 Å². The Morgan fingerprint density at radius 1 is 1.03 bits per heavy atom. The molecule has 0 spiro atoms. The van der Waals surface area contributed by atoms with E-state index in [2.05, 4.69) is 15.3 Å². The van der Waals surface area contributed by atoms with E-state index in [-0.39, 0.29) is 0 Å². The summed E-state index contributed by atoms with van der Waals surface area (Å²) in [6.07, 6.45) is 1.72. The minimum absolute atomic E-state index is 0.420. The van der Waals surface area contributed by atoms with Crippen LogP contribution in [0.5, 0.6) is 11.5 Å². The number of rotatable bonds is 7. The highest BCUT2D eigenvalue weighted by molar-refractivity contribution is 7.71. The number of hydrogen-bond acceptors (Lipinski definition) is 5. The van der Waals surface area contributed by atoms with Gasteiger partial charge >= 0.3 is 0 Å². The zero-order valence-corrected chi connectivity index (χ0v) is 18.1. The first-order valence-electron chi connectivity index (χ1n) is 9.78. The lowest BCUT2D eigenvalue weighted by molar-refractivity contribution is 0.284. The molecule has 1 heterocycles. The van der Waals surface area contributed by atoms with Gasteiger partial charge in [-0.2, -0.15) is 14.9 Å². The normalized spacial score (nSPS) is 11.0. The van der Waals surface area contributed by atoms with Crippen LogP contribution in [0.2, 0.25) is 0 Å². The van der Waals surface area contributed by atoms with Gasteiger partial charge < -0.3 is 9.47 Å². The molecule has 0 aliphatic carbocycles. The van der Waals surface area contributed by atoms with Crippen molar-refractivity contribution in [3.8, 4) is 22.9 Å². The molecule has 4 aromatic rings. The van der Waals surface area contributed by atoms with Crippen molar-refractivity contribution in [3.05, 3.63) is 94.3 Å². The molecule has 3 aromatic carbocycles. The van der Waals surface area contributed by atoms with E-state index in [0.29, 0.717) is 28.7 Å². The van der Waals surface area contributed by atoms with Crippen LogP contribution in [0.4, 0.5) is 0 Å². The fourth-order valence-electron chi connectivity index (χ4n) is 3.14. The molecule has 156 valence electrons. The monoisotopic (exact) mass is 430 g/mol. The van der Waals surface area contributed by atoms with Crippen LogP contribution in [0.25, 0.3) is 11.4 Å². The second kappa shape index (κ2) is 9.40. The molecule has 0 aliphatic rings. The van der Waals surface area contributed by atoms with E-state index < -0.39 is 0 Å². The summed E-state index contributed by atoms with van der Waals surface area (Å²) in [5, 5.41) is 11.7. The third-order valence-corrected chi connectivity index (χ3v) is 5.05. The predicted octanol–water partition coefficient (Wildman–Crippen LogP) is 5.39. The minimum Gasteiger partial charge on any atom is -0.493 e. The fraction of sp³-hybridized carbons (Fsp3) is 0.125. The maximum Gasteiger partial charge on any atom is 0.216 e. The van der Waals surface area contributed by atoms with Crippen molar-refractivity contribution in [2.75, 3.05) is 7.11 Å². The molecule has 0 radical (unpaired) electrons. The zero-order valence-electron chi connectivity index (χ0n) is 17.3. The van der Waals surface area contributed by atoms with E-state index in [1.807, 2.05) is 79.7 Å². The Kier molecular flexibility index (Phi) is 6.24. The van der Waals surface area contributed by atoms with Crippen LogP contribution >= 0.6 is 12.2 Å². The van der Waals surface area contributed by atoms with Gasteiger partial charge in [0, 0.05) is 5.56 Å². The second-order valence-electron chi connectivity index (χ2n) is 6.91. The molecule has 0 bridgehead atoms. The van der Waals surface area contributed by atoms with Crippen LogP contribution < -0.4 is 9.47 Å². The van der Waals surface area contributed by atoms with Crippen molar-refractivity contribution < 1.29 is 9.47 Å². The highest BCUT2D eigenvalue weighted by Gasteiger charge is 2.10. The first-order chi connectivity index (χ1) is 15.2. The van der Waals surface area contributed by atoms with Gasteiger partial charge in [-0.3, -0.25) is 0 Å². The highest BCUT2D eigenvalue weighted by atomic mass is 32.1. The van der Waals surface area contributed by atoms with Crippen LogP contribution in [-0.2, 0) is 6.61 Å². The summed E-state index contributed by atoms with van der Waals surface area (Å²) >= 11 is 5.38. The summed E-state index contributed by atoms with van der Waals surface area (Å²) < 4.78 is 13.5. The van der Waals surface area contributed by atoms with Crippen LogP contribution in [-0.4, -0.2) is 28.2 Å². The van der Waals surface area contributed by atoms with Crippen molar-refractivity contribution in [2.45, 2.75) is 13.5 Å². The molecule has 0 atom stereocenters. The lowest BCUT2D eigenvalue weighted by Crippen LogP contribution is -1.99. The Hall–Kier alpha value is -3.71. The summed E-state index contributed by atoms with van der Waals surface area (Å²) in [7, 11) is 1.62. The summed E-state index contributed by atoms with van der Waals surface area (Å²) in [5.41, 5.74) is 3.99. The summed E-state index contributed by atoms with van der Waals surface area (Å²) in [4.78, 5) is 0. The number of H-pyrrole nitrogens is 1. The standard InChI is InChI=1S/C24H22N4O2S/c1-17-8-6-7-11-20(17)23-26-27-24(31)28(23)25-15-19-12-13-21(29-2)22(14-19)30-16-18-9-4-3-5-10-18/h3-15H,16H2,1-2H3,(H,27,31)/b25-15-. The zero-order chi connectivity index (χ0) is 21.6. The molecule has 0 aliphatic heterocycles. The summed E-state index contributed by atoms with van der Waals surface area (Å²) in [5.74, 6) is 1.97. The van der Waals surface area contributed by atoms with Crippen molar-refractivity contribution >= 4 is 18.4 Å². The van der Waals surface area contributed by atoms with Crippen LogP contribution in [0.1, 0.15) is 16.7 Å². The van der Waals surface area contributed by atoms with Crippen LogP contribution in [0.15, 0.2) is 77.9 Å². The second-order valence-corrected chi connectivity index (χ2v) is 7.29. The average molecular weight is 431 g/mol. The number of nitrogens with one attached hydrogen (secondary N) is 1. The van der Waals surface area contributed by atoms with Crippen molar-refractivity contribution in [2.24, 2.45) is 5.10 Å². The molecule has 7 heteroatoms. The number of aromatic amines is 1. The SMILES string of the molecule is COc1ccc(/C=N\n2c(-c3ccccc3C)n[nH]c2=S)cc1OCc1ccccc1. The fourth-order valence-corrected chi connectivity index (χ4v) is 3.32. The third kappa shape index (κ3) is 4.73. The van der Waals surface area contributed by atoms with Gasteiger partial charge in [0.2, 0.25) is 4.77 Å². The maximum absolute atomic E-state index is 5.99. The Bertz CT molecular complexity index is 1260. The number of hydrogen-bond donors (Lipinski definition) is 1. The lowest BCUT2D eigenvalue weighted by Gasteiger charge is -2.11. The number of methoxy groups -OCH3 is 1. The first-order valence-corrected chi connectivity index (χ1v) is 10.2. The molecule has 0 fully saturated rings. The van der Waals surface area contributed by atoms with Gasteiger partial charge in [0.15, 0.2) is 17.3 Å². The number of benzene rings is 3. The van der Waals surface area contributed by atoms with Gasteiger partial charge in [0.1, 0.15) is 6.61 Å². The molecular formula is C24H22N4O2S. The first kappa shape index (κ1) is 20.6. The van der Waals surface area contributed by atoms with Crippen molar-refractivity contribution in [1.29, 1.82) is 0 Å². The Morgan fingerprint density at radius 2 is 1.81 bits per heavy atom. The van der Waals surface area contributed by atoms with Gasteiger partial charge in [0.05, 0.1) is 13.3 Å².